The van der Waals surface area contributed by atoms with Crippen LogP contribution in [0, 0.1) is 20.8 Å². The summed E-state index contributed by atoms with van der Waals surface area (Å²) in [4.78, 5) is 0. The van der Waals surface area contributed by atoms with Gasteiger partial charge in [0.15, 0.2) is 0 Å². The third-order valence-electron chi connectivity index (χ3n) is 3.86. The molecule has 0 aliphatic heterocycles. The summed E-state index contributed by atoms with van der Waals surface area (Å²) in [5.41, 5.74) is 4.76. The first-order chi connectivity index (χ1) is 9.45. The number of hydrogen-bond acceptors (Lipinski definition) is 2. The van der Waals surface area contributed by atoms with Crippen LogP contribution < -0.4 is 0 Å². The van der Waals surface area contributed by atoms with Crippen molar-refractivity contribution in [2.45, 2.75) is 26.7 Å². The van der Waals surface area contributed by atoms with Crippen molar-refractivity contribution in [2.24, 2.45) is 0 Å². The summed E-state index contributed by atoms with van der Waals surface area (Å²) in [6.07, 6.45) is 0. The van der Waals surface area contributed by atoms with E-state index in [0.717, 1.165) is 32.3 Å². The SMILES string of the molecule is Cc1cc(C)c([C@@H](CO)c2ccc(Br)cc2)c(O)c1C. The number of benzene rings is 2. The lowest BCUT2D eigenvalue weighted by molar-refractivity contribution is 0.277. The van der Waals surface area contributed by atoms with Gasteiger partial charge in [-0.05, 0) is 55.2 Å². The van der Waals surface area contributed by atoms with Crippen LogP contribution in [-0.4, -0.2) is 16.8 Å². The Morgan fingerprint density at radius 1 is 1.05 bits per heavy atom. The van der Waals surface area contributed by atoms with Gasteiger partial charge in [0, 0.05) is 16.0 Å². The van der Waals surface area contributed by atoms with Gasteiger partial charge in [-0.1, -0.05) is 34.1 Å². The molecule has 0 aliphatic rings. The van der Waals surface area contributed by atoms with Gasteiger partial charge in [0.25, 0.3) is 0 Å². The number of phenolic OH excluding ortho intramolecular Hbond substituents is 1. The highest BCUT2D eigenvalue weighted by molar-refractivity contribution is 9.10. The Labute approximate surface area is 128 Å². The minimum absolute atomic E-state index is 0.0292. The zero-order valence-electron chi connectivity index (χ0n) is 11.9. The average molecular weight is 335 g/mol. The molecule has 2 rings (SSSR count). The highest BCUT2D eigenvalue weighted by Crippen LogP contribution is 2.37. The minimum atomic E-state index is -0.206. The Morgan fingerprint density at radius 2 is 1.65 bits per heavy atom. The van der Waals surface area contributed by atoms with E-state index in [0.29, 0.717) is 5.75 Å². The van der Waals surface area contributed by atoms with E-state index >= 15 is 0 Å². The summed E-state index contributed by atoms with van der Waals surface area (Å²) in [5.74, 6) is 0.0897. The lowest BCUT2D eigenvalue weighted by atomic mass is 9.86. The smallest absolute Gasteiger partial charge is 0.122 e. The molecule has 2 aromatic rings. The lowest BCUT2D eigenvalue weighted by Gasteiger charge is -2.21. The fourth-order valence-corrected chi connectivity index (χ4v) is 2.85. The third kappa shape index (κ3) is 2.74. The fraction of sp³-hybridized carbons (Fsp3) is 0.294. The molecular weight excluding hydrogens is 316 g/mol. The highest BCUT2D eigenvalue weighted by Gasteiger charge is 2.21. The molecule has 0 unspecified atom stereocenters. The van der Waals surface area contributed by atoms with Crippen molar-refractivity contribution in [3.63, 3.8) is 0 Å². The highest BCUT2D eigenvalue weighted by atomic mass is 79.9. The maximum Gasteiger partial charge on any atom is 0.122 e. The second kappa shape index (κ2) is 5.98. The molecule has 1 atom stereocenters. The molecule has 0 saturated carbocycles. The number of hydrogen-bond donors (Lipinski definition) is 2. The van der Waals surface area contributed by atoms with E-state index in [9.17, 15) is 10.2 Å². The second-order valence-electron chi connectivity index (χ2n) is 5.18. The molecule has 20 heavy (non-hydrogen) atoms. The zero-order valence-corrected chi connectivity index (χ0v) is 13.5. The van der Waals surface area contributed by atoms with Crippen molar-refractivity contribution in [3.05, 3.63) is 62.6 Å². The van der Waals surface area contributed by atoms with Crippen LogP contribution in [0.4, 0.5) is 0 Å². The van der Waals surface area contributed by atoms with Gasteiger partial charge in [0.1, 0.15) is 5.75 Å². The van der Waals surface area contributed by atoms with Crippen LogP contribution in [0.15, 0.2) is 34.8 Å². The predicted molar refractivity (Wildman–Crippen MR) is 85.4 cm³/mol. The Bertz CT molecular complexity index is 618. The van der Waals surface area contributed by atoms with E-state index in [2.05, 4.69) is 22.0 Å². The van der Waals surface area contributed by atoms with Crippen molar-refractivity contribution >= 4 is 15.9 Å². The van der Waals surface area contributed by atoms with Gasteiger partial charge in [-0.25, -0.2) is 0 Å². The number of phenols is 1. The van der Waals surface area contributed by atoms with E-state index in [1.165, 1.54) is 0 Å². The largest absolute Gasteiger partial charge is 0.507 e. The number of aliphatic hydroxyl groups is 1. The predicted octanol–water partition coefficient (Wildman–Crippen LogP) is 4.20. The fourth-order valence-electron chi connectivity index (χ4n) is 2.58. The molecule has 0 bridgehead atoms. The summed E-state index contributed by atoms with van der Waals surface area (Å²) < 4.78 is 0.999. The van der Waals surface area contributed by atoms with Gasteiger partial charge in [-0.3, -0.25) is 0 Å². The van der Waals surface area contributed by atoms with Crippen LogP contribution in [0.1, 0.15) is 33.7 Å². The van der Waals surface area contributed by atoms with Crippen LogP contribution in [0.25, 0.3) is 0 Å². The maximum absolute atomic E-state index is 10.5. The van der Waals surface area contributed by atoms with E-state index in [1.54, 1.807) is 0 Å². The molecule has 2 N–H and O–H groups in total. The van der Waals surface area contributed by atoms with Gasteiger partial charge in [0.05, 0.1) is 6.61 Å². The summed E-state index contributed by atoms with van der Waals surface area (Å²) in [5, 5.41) is 20.2. The van der Waals surface area contributed by atoms with Gasteiger partial charge in [-0.2, -0.15) is 0 Å². The standard InChI is InChI=1S/C17H19BrO2/c1-10-8-11(2)16(17(20)12(10)3)15(9-19)13-4-6-14(18)7-5-13/h4-8,15,19-20H,9H2,1-3H3/t15-/m0/s1. The molecule has 0 heterocycles. The average Bonchev–Trinajstić information content (AvgIpc) is 2.42. The van der Waals surface area contributed by atoms with Crippen molar-refractivity contribution in [3.8, 4) is 5.75 Å². The minimum Gasteiger partial charge on any atom is -0.507 e. The van der Waals surface area contributed by atoms with E-state index in [1.807, 2.05) is 45.0 Å². The first kappa shape index (κ1) is 15.1. The number of halogens is 1. The molecule has 0 aliphatic carbocycles. The van der Waals surface area contributed by atoms with Crippen LogP contribution in [0.3, 0.4) is 0 Å². The monoisotopic (exact) mass is 334 g/mol. The van der Waals surface area contributed by atoms with Gasteiger partial charge in [-0.15, -0.1) is 0 Å². The molecule has 3 heteroatoms. The Morgan fingerprint density at radius 3 is 2.20 bits per heavy atom. The second-order valence-corrected chi connectivity index (χ2v) is 6.10. The maximum atomic E-state index is 10.5. The summed E-state index contributed by atoms with van der Waals surface area (Å²) in [7, 11) is 0. The molecular formula is C17H19BrO2. The first-order valence-electron chi connectivity index (χ1n) is 6.61. The first-order valence-corrected chi connectivity index (χ1v) is 7.41. The van der Waals surface area contributed by atoms with Crippen molar-refractivity contribution in [2.75, 3.05) is 6.61 Å². The zero-order chi connectivity index (χ0) is 14.9. The van der Waals surface area contributed by atoms with Crippen LogP contribution in [0.2, 0.25) is 0 Å². The molecule has 2 aromatic carbocycles. The normalized spacial score (nSPS) is 12.4. The molecule has 0 spiro atoms. The summed E-state index contributed by atoms with van der Waals surface area (Å²) >= 11 is 3.41. The van der Waals surface area contributed by atoms with Crippen LogP contribution in [-0.2, 0) is 0 Å². The Hall–Kier alpha value is -1.32. The number of aliphatic hydroxyl groups excluding tert-OH is 1. The van der Waals surface area contributed by atoms with Gasteiger partial charge in [0.2, 0.25) is 0 Å². The molecule has 106 valence electrons. The van der Waals surface area contributed by atoms with Crippen LogP contribution in [0.5, 0.6) is 5.75 Å². The topological polar surface area (TPSA) is 40.5 Å². The van der Waals surface area contributed by atoms with Crippen molar-refractivity contribution in [1.29, 1.82) is 0 Å². The van der Waals surface area contributed by atoms with E-state index < -0.39 is 0 Å². The molecule has 2 nitrogen and oxygen atoms in total. The third-order valence-corrected chi connectivity index (χ3v) is 4.39. The molecule has 0 radical (unpaired) electrons. The van der Waals surface area contributed by atoms with Gasteiger partial charge < -0.3 is 10.2 Å². The van der Waals surface area contributed by atoms with Crippen LogP contribution >= 0.6 is 15.9 Å². The number of aryl methyl sites for hydroxylation is 2. The number of aromatic hydroxyl groups is 1. The molecule has 0 aromatic heterocycles. The summed E-state index contributed by atoms with van der Waals surface area (Å²) in [6, 6.07) is 9.90. The summed E-state index contributed by atoms with van der Waals surface area (Å²) in [6.45, 7) is 5.84. The number of rotatable bonds is 3. The Kier molecular flexibility index (Phi) is 4.51. The molecule has 0 fully saturated rings. The van der Waals surface area contributed by atoms with E-state index in [4.69, 9.17) is 0 Å². The quantitative estimate of drug-likeness (QED) is 0.882. The van der Waals surface area contributed by atoms with E-state index in [-0.39, 0.29) is 12.5 Å². The Balaban J connectivity index is 2.58. The molecule has 0 amide bonds. The van der Waals surface area contributed by atoms with Crippen molar-refractivity contribution < 1.29 is 10.2 Å². The van der Waals surface area contributed by atoms with Gasteiger partial charge >= 0.3 is 0 Å². The molecule has 0 saturated heterocycles. The van der Waals surface area contributed by atoms with Crippen molar-refractivity contribution in [1.82, 2.24) is 0 Å². The lowest BCUT2D eigenvalue weighted by Crippen LogP contribution is -2.09.